The van der Waals surface area contributed by atoms with Crippen molar-refractivity contribution in [2.45, 2.75) is 25.9 Å². The number of nitrogens with zero attached hydrogens (tertiary/aromatic N) is 4. The second-order valence-electron chi connectivity index (χ2n) is 5.60. The lowest BCUT2D eigenvalue weighted by Gasteiger charge is -2.32. The van der Waals surface area contributed by atoms with Gasteiger partial charge in [0.25, 0.3) is 0 Å². The molecule has 0 spiro atoms. The maximum atomic E-state index is 12.4. The van der Waals surface area contributed by atoms with Crippen LogP contribution in [0.5, 0.6) is 0 Å². The Morgan fingerprint density at radius 3 is 3.09 bits per heavy atom. The average Bonchev–Trinajstić information content (AvgIpc) is 3.13. The predicted molar refractivity (Wildman–Crippen MR) is 80.1 cm³/mol. The molecule has 118 valence electrons. The quantitative estimate of drug-likeness (QED) is 0.913. The molecule has 1 atom stereocenters. The molecule has 7 nitrogen and oxygen atoms in total. The van der Waals surface area contributed by atoms with E-state index in [2.05, 4.69) is 15.1 Å². The Kier molecular flexibility index (Phi) is 4.24. The average molecular weight is 303 g/mol. The van der Waals surface area contributed by atoms with Gasteiger partial charge in [0.05, 0.1) is 13.2 Å². The highest BCUT2D eigenvalue weighted by Gasteiger charge is 2.26. The summed E-state index contributed by atoms with van der Waals surface area (Å²) >= 11 is 0. The standard InChI is InChI=1S/C15H21N5O2/c1-11-9-16-15(18-11)13-10-20(7-8-22-13)14(21)4-3-12-5-6-17-19(12)2/h5-6,9,13H,3-4,7-8,10H2,1-2H3,(H,16,18)/t13-/m1/s1. The molecular formula is C15H21N5O2. The normalized spacial score (nSPS) is 18.6. The third-order valence-corrected chi connectivity index (χ3v) is 3.96. The lowest BCUT2D eigenvalue weighted by Crippen LogP contribution is -2.42. The van der Waals surface area contributed by atoms with Gasteiger partial charge in [0.1, 0.15) is 11.9 Å². The number of morpholine rings is 1. The van der Waals surface area contributed by atoms with Gasteiger partial charge in [0.15, 0.2) is 0 Å². The first kappa shape index (κ1) is 14.8. The van der Waals surface area contributed by atoms with Crippen molar-refractivity contribution in [1.82, 2.24) is 24.6 Å². The highest BCUT2D eigenvalue weighted by atomic mass is 16.5. The van der Waals surface area contributed by atoms with Crippen molar-refractivity contribution >= 4 is 5.91 Å². The van der Waals surface area contributed by atoms with Gasteiger partial charge >= 0.3 is 0 Å². The summed E-state index contributed by atoms with van der Waals surface area (Å²) < 4.78 is 7.53. The second kappa shape index (κ2) is 6.31. The van der Waals surface area contributed by atoms with Crippen LogP contribution in [0.4, 0.5) is 0 Å². The first-order valence-electron chi connectivity index (χ1n) is 7.51. The third-order valence-electron chi connectivity index (χ3n) is 3.96. The van der Waals surface area contributed by atoms with Crippen LogP contribution in [0, 0.1) is 6.92 Å². The molecule has 0 unspecified atom stereocenters. The van der Waals surface area contributed by atoms with Gasteiger partial charge in [-0.2, -0.15) is 5.10 Å². The molecule has 1 aliphatic heterocycles. The lowest BCUT2D eigenvalue weighted by molar-refractivity contribution is -0.139. The van der Waals surface area contributed by atoms with E-state index in [-0.39, 0.29) is 12.0 Å². The number of ether oxygens (including phenoxy) is 1. The Hall–Kier alpha value is -2.15. The number of aromatic nitrogens is 4. The van der Waals surface area contributed by atoms with Crippen LogP contribution in [0.1, 0.15) is 29.7 Å². The molecule has 22 heavy (non-hydrogen) atoms. The second-order valence-corrected chi connectivity index (χ2v) is 5.60. The molecule has 0 aliphatic carbocycles. The molecular weight excluding hydrogens is 282 g/mol. The van der Waals surface area contributed by atoms with Gasteiger partial charge in [-0.15, -0.1) is 0 Å². The molecule has 0 radical (unpaired) electrons. The molecule has 3 rings (SSSR count). The Balaban J connectivity index is 1.57. The van der Waals surface area contributed by atoms with E-state index in [1.807, 2.05) is 24.9 Å². The minimum absolute atomic E-state index is 0.151. The van der Waals surface area contributed by atoms with Crippen molar-refractivity contribution in [3.63, 3.8) is 0 Å². The van der Waals surface area contributed by atoms with E-state index in [0.717, 1.165) is 17.2 Å². The number of rotatable bonds is 4. The summed E-state index contributed by atoms with van der Waals surface area (Å²) in [4.78, 5) is 21.7. The molecule has 7 heteroatoms. The number of hydrogen-bond acceptors (Lipinski definition) is 4. The van der Waals surface area contributed by atoms with Gasteiger partial charge in [-0.05, 0) is 19.4 Å². The van der Waals surface area contributed by atoms with Gasteiger partial charge in [0.2, 0.25) is 5.91 Å². The number of imidazole rings is 1. The molecule has 0 saturated carbocycles. The molecule has 1 N–H and O–H groups in total. The first-order chi connectivity index (χ1) is 10.6. The van der Waals surface area contributed by atoms with Gasteiger partial charge in [-0.1, -0.05) is 0 Å². The Bertz CT molecular complexity index is 648. The summed E-state index contributed by atoms with van der Waals surface area (Å²) in [5, 5.41) is 4.12. The van der Waals surface area contributed by atoms with Crippen LogP contribution in [0.15, 0.2) is 18.5 Å². The maximum Gasteiger partial charge on any atom is 0.223 e. The van der Waals surface area contributed by atoms with Crippen LogP contribution in [0.25, 0.3) is 0 Å². The Morgan fingerprint density at radius 1 is 1.55 bits per heavy atom. The molecule has 2 aromatic rings. The number of nitrogens with one attached hydrogen (secondary N) is 1. The molecule has 0 bridgehead atoms. The van der Waals surface area contributed by atoms with E-state index in [9.17, 15) is 4.79 Å². The molecule has 1 amide bonds. The number of H-pyrrole nitrogens is 1. The van der Waals surface area contributed by atoms with Crippen molar-refractivity contribution in [3.8, 4) is 0 Å². The number of amides is 1. The van der Waals surface area contributed by atoms with E-state index in [1.54, 1.807) is 17.1 Å². The third kappa shape index (κ3) is 3.19. The van der Waals surface area contributed by atoms with Crippen molar-refractivity contribution in [1.29, 1.82) is 0 Å². The number of carbonyl (C=O) groups excluding carboxylic acids is 1. The van der Waals surface area contributed by atoms with Crippen LogP contribution >= 0.6 is 0 Å². The fourth-order valence-electron chi connectivity index (χ4n) is 2.68. The van der Waals surface area contributed by atoms with Gasteiger partial charge in [-0.25, -0.2) is 4.98 Å². The lowest BCUT2D eigenvalue weighted by atomic mass is 10.2. The summed E-state index contributed by atoms with van der Waals surface area (Å²) in [5.74, 6) is 0.944. The van der Waals surface area contributed by atoms with Gasteiger partial charge < -0.3 is 14.6 Å². The van der Waals surface area contributed by atoms with Crippen LogP contribution in [0.2, 0.25) is 0 Å². The van der Waals surface area contributed by atoms with E-state index in [1.165, 1.54) is 0 Å². The summed E-state index contributed by atoms with van der Waals surface area (Å²) in [6.45, 7) is 3.69. The van der Waals surface area contributed by atoms with Gasteiger partial charge in [-0.3, -0.25) is 9.48 Å². The highest BCUT2D eigenvalue weighted by Crippen LogP contribution is 2.20. The number of aryl methyl sites for hydroxylation is 3. The zero-order valence-corrected chi connectivity index (χ0v) is 13.0. The summed E-state index contributed by atoms with van der Waals surface area (Å²) in [7, 11) is 1.89. The van der Waals surface area contributed by atoms with E-state index in [4.69, 9.17) is 4.74 Å². The van der Waals surface area contributed by atoms with Crippen LogP contribution in [-0.4, -0.2) is 50.3 Å². The first-order valence-corrected chi connectivity index (χ1v) is 7.51. The van der Waals surface area contributed by atoms with Crippen molar-refractivity contribution in [3.05, 3.63) is 35.7 Å². The molecule has 1 saturated heterocycles. The SMILES string of the molecule is Cc1cnc([C@H]2CN(C(=O)CCc3ccnn3C)CCO2)[nH]1. The fraction of sp³-hybridized carbons (Fsp3) is 0.533. The number of carbonyl (C=O) groups is 1. The van der Waals surface area contributed by atoms with Crippen molar-refractivity contribution in [2.75, 3.05) is 19.7 Å². The fourth-order valence-corrected chi connectivity index (χ4v) is 2.68. The highest BCUT2D eigenvalue weighted by molar-refractivity contribution is 5.76. The van der Waals surface area contributed by atoms with Crippen molar-refractivity contribution < 1.29 is 9.53 Å². The summed E-state index contributed by atoms with van der Waals surface area (Å²) in [6.07, 6.45) is 4.56. The van der Waals surface area contributed by atoms with E-state index >= 15 is 0 Å². The Morgan fingerprint density at radius 2 is 2.41 bits per heavy atom. The smallest absolute Gasteiger partial charge is 0.223 e. The van der Waals surface area contributed by atoms with Crippen LogP contribution in [0.3, 0.4) is 0 Å². The minimum atomic E-state index is -0.164. The van der Waals surface area contributed by atoms with E-state index < -0.39 is 0 Å². The summed E-state index contributed by atoms with van der Waals surface area (Å²) in [5.41, 5.74) is 2.07. The Labute approximate surface area is 129 Å². The zero-order chi connectivity index (χ0) is 15.5. The maximum absolute atomic E-state index is 12.4. The largest absolute Gasteiger partial charge is 0.367 e. The molecule has 0 aromatic carbocycles. The van der Waals surface area contributed by atoms with E-state index in [0.29, 0.717) is 32.5 Å². The van der Waals surface area contributed by atoms with Crippen molar-refractivity contribution in [2.24, 2.45) is 7.05 Å². The molecule has 2 aromatic heterocycles. The molecule has 1 fully saturated rings. The van der Waals surface area contributed by atoms with Crippen LogP contribution in [-0.2, 0) is 23.0 Å². The molecule has 3 heterocycles. The topological polar surface area (TPSA) is 76.0 Å². The monoisotopic (exact) mass is 303 g/mol. The van der Waals surface area contributed by atoms with Gasteiger partial charge in [0, 0.05) is 43.8 Å². The zero-order valence-electron chi connectivity index (χ0n) is 13.0. The summed E-state index contributed by atoms with van der Waals surface area (Å²) in [6, 6.07) is 1.95. The van der Waals surface area contributed by atoms with Crippen LogP contribution < -0.4 is 0 Å². The number of hydrogen-bond donors (Lipinski definition) is 1. The number of aromatic amines is 1. The minimum Gasteiger partial charge on any atom is -0.367 e. The predicted octanol–water partition coefficient (Wildman–Crippen LogP) is 0.984. The molecule has 1 aliphatic rings.